The normalized spacial score (nSPS) is 10.8. The van der Waals surface area contributed by atoms with Gasteiger partial charge >= 0.3 is 0 Å². The Morgan fingerprint density at radius 2 is 2.24 bits per heavy atom. The standard InChI is InChI=1S/C11H8BrClFNOS/c12-10-9(3-4-16)17-11(15-10)6-1-2-8(14)7(13)5-6/h1-2,5,16H,3-4H2. The molecule has 6 heteroatoms. The number of halogens is 3. The van der Waals surface area contributed by atoms with Gasteiger partial charge in [0.15, 0.2) is 0 Å². The number of aliphatic hydroxyl groups is 1. The lowest BCUT2D eigenvalue weighted by Crippen LogP contribution is -1.86. The molecule has 2 nitrogen and oxygen atoms in total. The summed E-state index contributed by atoms with van der Waals surface area (Å²) in [5.41, 5.74) is 0.770. The third-order valence-corrected chi connectivity index (χ3v) is 4.53. The van der Waals surface area contributed by atoms with E-state index in [2.05, 4.69) is 20.9 Å². The highest BCUT2D eigenvalue weighted by Gasteiger charge is 2.11. The molecule has 0 spiro atoms. The summed E-state index contributed by atoms with van der Waals surface area (Å²) in [7, 11) is 0. The second-order valence-electron chi connectivity index (χ2n) is 3.34. The molecule has 0 saturated heterocycles. The maximum absolute atomic E-state index is 13.0. The van der Waals surface area contributed by atoms with Crippen LogP contribution in [-0.4, -0.2) is 16.7 Å². The second kappa shape index (κ2) is 5.44. The number of nitrogens with zero attached hydrogens (tertiary/aromatic N) is 1. The molecular formula is C11H8BrClFNOS. The Morgan fingerprint density at radius 3 is 2.88 bits per heavy atom. The first-order chi connectivity index (χ1) is 8.11. The number of hydrogen-bond acceptors (Lipinski definition) is 3. The number of thiazole rings is 1. The van der Waals surface area contributed by atoms with E-state index in [1.54, 1.807) is 12.1 Å². The Morgan fingerprint density at radius 1 is 1.47 bits per heavy atom. The lowest BCUT2D eigenvalue weighted by Gasteiger charge is -1.97. The zero-order valence-corrected chi connectivity index (χ0v) is 11.7. The molecule has 0 aliphatic heterocycles. The average Bonchev–Trinajstić information content (AvgIpc) is 2.65. The van der Waals surface area contributed by atoms with E-state index in [0.29, 0.717) is 11.0 Å². The Balaban J connectivity index is 2.39. The Kier molecular flexibility index (Phi) is 4.14. The van der Waals surface area contributed by atoms with Crippen LogP contribution in [0.5, 0.6) is 0 Å². The van der Waals surface area contributed by atoms with Gasteiger partial charge in [-0.05, 0) is 34.1 Å². The van der Waals surface area contributed by atoms with Gasteiger partial charge in [-0.3, -0.25) is 0 Å². The van der Waals surface area contributed by atoms with Crippen molar-refractivity contribution in [1.29, 1.82) is 0 Å². The summed E-state index contributed by atoms with van der Waals surface area (Å²) in [5.74, 6) is -0.443. The zero-order valence-electron chi connectivity index (χ0n) is 8.58. The number of aliphatic hydroxyl groups excluding tert-OH is 1. The number of rotatable bonds is 3. The van der Waals surface area contributed by atoms with Crippen LogP contribution in [0.1, 0.15) is 4.88 Å². The molecule has 1 heterocycles. The minimum Gasteiger partial charge on any atom is -0.396 e. The molecule has 0 saturated carbocycles. The van der Waals surface area contributed by atoms with Crippen molar-refractivity contribution >= 4 is 38.9 Å². The third kappa shape index (κ3) is 2.85. The van der Waals surface area contributed by atoms with Gasteiger partial charge in [-0.1, -0.05) is 11.6 Å². The van der Waals surface area contributed by atoms with E-state index in [9.17, 15) is 4.39 Å². The van der Waals surface area contributed by atoms with E-state index in [1.807, 2.05) is 0 Å². The fraction of sp³-hybridized carbons (Fsp3) is 0.182. The van der Waals surface area contributed by atoms with Crippen molar-refractivity contribution in [3.63, 3.8) is 0 Å². The first kappa shape index (κ1) is 13.0. The van der Waals surface area contributed by atoms with E-state index in [-0.39, 0.29) is 11.6 Å². The summed E-state index contributed by atoms with van der Waals surface area (Å²) < 4.78 is 13.7. The van der Waals surface area contributed by atoms with E-state index >= 15 is 0 Å². The highest BCUT2D eigenvalue weighted by molar-refractivity contribution is 9.10. The van der Waals surface area contributed by atoms with Gasteiger partial charge in [-0.25, -0.2) is 9.37 Å². The predicted molar refractivity (Wildman–Crippen MR) is 71.0 cm³/mol. The summed E-state index contributed by atoms with van der Waals surface area (Å²) in [6, 6.07) is 4.50. The van der Waals surface area contributed by atoms with Crippen molar-refractivity contribution in [2.24, 2.45) is 0 Å². The molecule has 2 rings (SSSR count). The molecule has 0 aliphatic carbocycles. The molecule has 1 aromatic heterocycles. The van der Waals surface area contributed by atoms with Crippen LogP contribution in [0.3, 0.4) is 0 Å². The molecule has 2 aromatic rings. The predicted octanol–water partition coefficient (Wildman–Crippen LogP) is 3.90. The molecule has 0 aliphatic rings. The summed E-state index contributed by atoms with van der Waals surface area (Å²) >= 11 is 10.5. The van der Waals surface area contributed by atoms with Gasteiger partial charge < -0.3 is 5.11 Å². The maximum atomic E-state index is 13.0. The van der Waals surface area contributed by atoms with E-state index in [4.69, 9.17) is 16.7 Å². The van der Waals surface area contributed by atoms with Crippen LogP contribution in [0.15, 0.2) is 22.8 Å². The van der Waals surface area contributed by atoms with Crippen molar-refractivity contribution in [2.75, 3.05) is 6.61 Å². The van der Waals surface area contributed by atoms with Crippen molar-refractivity contribution in [1.82, 2.24) is 4.98 Å². The van der Waals surface area contributed by atoms with E-state index < -0.39 is 5.82 Å². The van der Waals surface area contributed by atoms with Crippen LogP contribution in [0.25, 0.3) is 10.6 Å². The maximum Gasteiger partial charge on any atom is 0.141 e. The number of hydrogen-bond donors (Lipinski definition) is 1. The largest absolute Gasteiger partial charge is 0.396 e. The molecule has 0 radical (unpaired) electrons. The molecule has 0 amide bonds. The summed E-state index contributed by atoms with van der Waals surface area (Å²) in [4.78, 5) is 5.27. The molecule has 1 N–H and O–H groups in total. The number of aromatic nitrogens is 1. The van der Waals surface area contributed by atoms with Crippen LogP contribution in [-0.2, 0) is 6.42 Å². The summed E-state index contributed by atoms with van der Waals surface area (Å²) in [6.07, 6.45) is 0.549. The summed E-state index contributed by atoms with van der Waals surface area (Å²) in [5, 5.41) is 9.72. The van der Waals surface area contributed by atoms with Crippen molar-refractivity contribution in [2.45, 2.75) is 6.42 Å². The highest BCUT2D eigenvalue weighted by atomic mass is 79.9. The van der Waals surface area contributed by atoms with Gasteiger partial charge in [0, 0.05) is 23.5 Å². The van der Waals surface area contributed by atoms with Crippen LogP contribution < -0.4 is 0 Å². The van der Waals surface area contributed by atoms with Crippen LogP contribution >= 0.6 is 38.9 Å². The molecule has 0 bridgehead atoms. The monoisotopic (exact) mass is 335 g/mol. The first-order valence-electron chi connectivity index (χ1n) is 4.83. The van der Waals surface area contributed by atoms with E-state index in [0.717, 1.165) is 15.4 Å². The van der Waals surface area contributed by atoms with Gasteiger partial charge in [0.2, 0.25) is 0 Å². The molecule has 1 aromatic carbocycles. The fourth-order valence-electron chi connectivity index (χ4n) is 1.34. The number of benzene rings is 1. The molecule has 0 unspecified atom stereocenters. The van der Waals surface area contributed by atoms with Gasteiger partial charge in [0.1, 0.15) is 15.4 Å². The third-order valence-electron chi connectivity index (χ3n) is 2.16. The summed E-state index contributed by atoms with van der Waals surface area (Å²) in [6.45, 7) is 0.0738. The van der Waals surface area contributed by atoms with Crippen LogP contribution in [0.4, 0.5) is 4.39 Å². The first-order valence-corrected chi connectivity index (χ1v) is 6.82. The van der Waals surface area contributed by atoms with Gasteiger partial charge in [-0.2, -0.15) is 0 Å². The Bertz CT molecular complexity index is 546. The van der Waals surface area contributed by atoms with Crippen molar-refractivity contribution in [3.8, 4) is 10.6 Å². The minimum absolute atomic E-state index is 0.0738. The van der Waals surface area contributed by atoms with E-state index in [1.165, 1.54) is 17.4 Å². The topological polar surface area (TPSA) is 33.1 Å². The quantitative estimate of drug-likeness (QED) is 0.922. The van der Waals surface area contributed by atoms with Gasteiger partial charge in [0.05, 0.1) is 5.02 Å². The van der Waals surface area contributed by atoms with Crippen LogP contribution in [0.2, 0.25) is 5.02 Å². The molecular weight excluding hydrogens is 329 g/mol. The van der Waals surface area contributed by atoms with Gasteiger partial charge in [0.25, 0.3) is 0 Å². The van der Waals surface area contributed by atoms with Gasteiger partial charge in [-0.15, -0.1) is 11.3 Å². The van der Waals surface area contributed by atoms with Crippen molar-refractivity contribution in [3.05, 3.63) is 38.5 Å². The Hall–Kier alpha value is -0.490. The molecule has 90 valence electrons. The SMILES string of the molecule is OCCc1sc(-c2ccc(F)c(Cl)c2)nc1Br. The lowest BCUT2D eigenvalue weighted by molar-refractivity contribution is 0.300. The lowest BCUT2D eigenvalue weighted by atomic mass is 10.2. The molecule has 0 atom stereocenters. The van der Waals surface area contributed by atoms with Crippen molar-refractivity contribution < 1.29 is 9.50 Å². The second-order valence-corrected chi connectivity index (χ2v) is 5.58. The highest BCUT2D eigenvalue weighted by Crippen LogP contribution is 2.33. The zero-order chi connectivity index (χ0) is 12.4. The minimum atomic E-state index is -0.443. The Labute approximate surface area is 115 Å². The fourth-order valence-corrected chi connectivity index (χ4v) is 3.20. The smallest absolute Gasteiger partial charge is 0.141 e. The molecule has 0 fully saturated rings. The molecule has 17 heavy (non-hydrogen) atoms. The average molecular weight is 337 g/mol. The van der Waals surface area contributed by atoms with Crippen LogP contribution in [0, 0.1) is 5.82 Å².